The maximum atomic E-state index is 12.9. The van der Waals surface area contributed by atoms with E-state index in [0.717, 1.165) is 18.4 Å². The Morgan fingerprint density at radius 2 is 2.19 bits per heavy atom. The lowest BCUT2D eigenvalue weighted by Gasteiger charge is -2.19. The second-order valence-electron chi connectivity index (χ2n) is 5.44. The number of nitrogens with zero attached hydrogens (tertiary/aromatic N) is 1. The van der Waals surface area contributed by atoms with Crippen LogP contribution in [0.3, 0.4) is 0 Å². The maximum Gasteiger partial charge on any atom is 0.246 e. The molecular weight excluding hydrogens is 288 g/mol. The van der Waals surface area contributed by atoms with Crippen molar-refractivity contribution in [3.8, 4) is 5.75 Å². The van der Waals surface area contributed by atoms with Crippen molar-refractivity contribution in [2.45, 2.75) is 31.2 Å². The minimum atomic E-state index is -3.48. The Labute approximate surface area is 127 Å². The lowest BCUT2D eigenvalue weighted by Crippen LogP contribution is -2.29. The Hall–Kier alpha value is -1.11. The van der Waals surface area contributed by atoms with Gasteiger partial charge in [0, 0.05) is 19.6 Å². The molecule has 1 fully saturated rings. The van der Waals surface area contributed by atoms with E-state index < -0.39 is 10.0 Å². The zero-order chi connectivity index (χ0) is 15.5. The molecule has 21 heavy (non-hydrogen) atoms. The average molecular weight is 312 g/mol. The van der Waals surface area contributed by atoms with Gasteiger partial charge in [0.15, 0.2) is 0 Å². The fourth-order valence-corrected chi connectivity index (χ4v) is 4.46. The van der Waals surface area contributed by atoms with Crippen molar-refractivity contribution in [3.63, 3.8) is 0 Å². The number of benzene rings is 1. The van der Waals surface area contributed by atoms with Gasteiger partial charge in [0.05, 0.1) is 7.11 Å². The van der Waals surface area contributed by atoms with Gasteiger partial charge in [-0.15, -0.1) is 0 Å². The molecule has 0 spiro atoms. The Balaban J connectivity index is 2.36. The normalized spacial score (nSPS) is 19.9. The Bertz CT molecular complexity index is 587. The van der Waals surface area contributed by atoms with Crippen LogP contribution in [0.4, 0.5) is 0 Å². The monoisotopic (exact) mass is 312 g/mol. The lowest BCUT2D eigenvalue weighted by molar-refractivity contribution is 0.396. The van der Waals surface area contributed by atoms with Crippen LogP contribution < -0.4 is 10.1 Å². The molecule has 5 nitrogen and oxygen atoms in total. The van der Waals surface area contributed by atoms with E-state index in [9.17, 15) is 8.42 Å². The summed E-state index contributed by atoms with van der Waals surface area (Å²) in [5, 5.41) is 3.04. The summed E-state index contributed by atoms with van der Waals surface area (Å²) >= 11 is 0. The van der Waals surface area contributed by atoms with Crippen LogP contribution in [0.1, 0.15) is 25.3 Å². The minimum absolute atomic E-state index is 0.273. The zero-order valence-electron chi connectivity index (χ0n) is 12.9. The van der Waals surface area contributed by atoms with Gasteiger partial charge in [-0.05, 0) is 37.1 Å². The fourth-order valence-electron chi connectivity index (χ4n) is 2.72. The molecule has 1 aliphatic heterocycles. The molecule has 1 aromatic rings. The van der Waals surface area contributed by atoms with Crippen LogP contribution in [0.2, 0.25) is 0 Å². The third kappa shape index (κ3) is 3.39. The number of hydrogen-bond donors (Lipinski definition) is 1. The molecule has 6 heteroatoms. The van der Waals surface area contributed by atoms with Gasteiger partial charge < -0.3 is 10.1 Å². The van der Waals surface area contributed by atoms with Crippen molar-refractivity contribution in [2.75, 3.05) is 27.2 Å². The molecule has 1 atom stereocenters. The van der Waals surface area contributed by atoms with Crippen LogP contribution in [-0.2, 0) is 16.6 Å². The highest BCUT2D eigenvalue weighted by molar-refractivity contribution is 7.89. The molecule has 0 radical (unpaired) electrons. The average Bonchev–Trinajstić information content (AvgIpc) is 2.97. The van der Waals surface area contributed by atoms with Crippen LogP contribution >= 0.6 is 0 Å². The van der Waals surface area contributed by atoms with E-state index >= 15 is 0 Å². The molecule has 0 saturated carbocycles. The molecule has 0 bridgehead atoms. The van der Waals surface area contributed by atoms with Gasteiger partial charge in [-0.1, -0.05) is 19.4 Å². The molecule has 0 aromatic heterocycles. The van der Waals surface area contributed by atoms with Crippen molar-refractivity contribution in [1.82, 2.24) is 9.62 Å². The first-order valence-corrected chi connectivity index (χ1v) is 8.78. The highest BCUT2D eigenvalue weighted by Crippen LogP contribution is 2.31. The van der Waals surface area contributed by atoms with E-state index in [-0.39, 0.29) is 4.90 Å². The first-order valence-electron chi connectivity index (χ1n) is 7.34. The smallest absolute Gasteiger partial charge is 0.246 e. The second kappa shape index (κ2) is 6.77. The van der Waals surface area contributed by atoms with E-state index in [1.54, 1.807) is 16.4 Å². The molecule has 2 rings (SSSR count). The predicted molar refractivity (Wildman–Crippen MR) is 82.9 cm³/mol. The number of nitrogens with one attached hydrogen (secondary N) is 1. The highest BCUT2D eigenvalue weighted by Gasteiger charge is 2.33. The van der Waals surface area contributed by atoms with Crippen LogP contribution in [0, 0.1) is 5.92 Å². The second-order valence-corrected chi connectivity index (χ2v) is 7.35. The van der Waals surface area contributed by atoms with Crippen molar-refractivity contribution >= 4 is 10.0 Å². The van der Waals surface area contributed by atoms with Gasteiger partial charge in [0.25, 0.3) is 0 Å². The molecule has 1 saturated heterocycles. The third-order valence-electron chi connectivity index (χ3n) is 4.05. The summed E-state index contributed by atoms with van der Waals surface area (Å²) in [7, 11) is -0.142. The number of rotatable bonds is 6. The lowest BCUT2D eigenvalue weighted by atomic mass is 10.1. The molecule has 1 aliphatic rings. The van der Waals surface area contributed by atoms with E-state index in [1.165, 1.54) is 7.11 Å². The summed E-state index contributed by atoms with van der Waals surface area (Å²) in [5.41, 5.74) is 0.933. The van der Waals surface area contributed by atoms with Crippen LogP contribution in [0.25, 0.3) is 0 Å². The zero-order valence-corrected chi connectivity index (χ0v) is 13.7. The van der Waals surface area contributed by atoms with Crippen molar-refractivity contribution in [1.29, 1.82) is 0 Å². The van der Waals surface area contributed by atoms with Gasteiger partial charge in [-0.25, -0.2) is 8.42 Å². The van der Waals surface area contributed by atoms with Gasteiger partial charge >= 0.3 is 0 Å². The summed E-state index contributed by atoms with van der Waals surface area (Å²) in [5.74, 6) is 0.876. The molecule has 1 heterocycles. The fraction of sp³-hybridized carbons (Fsp3) is 0.600. The number of hydrogen-bond acceptors (Lipinski definition) is 4. The molecular formula is C15H24N2O3S. The summed E-state index contributed by atoms with van der Waals surface area (Å²) < 4.78 is 32.6. The van der Waals surface area contributed by atoms with E-state index in [1.807, 2.05) is 13.1 Å². The predicted octanol–water partition coefficient (Wildman–Crippen LogP) is 1.84. The topological polar surface area (TPSA) is 58.6 Å². The number of ether oxygens (including phenoxy) is 1. The summed E-state index contributed by atoms with van der Waals surface area (Å²) in [4.78, 5) is 0.273. The SMILES string of the molecule is CCC1CCN(S(=O)(=O)c2cc(CNC)ccc2OC)C1. The molecule has 1 unspecified atom stereocenters. The molecule has 1 N–H and O–H groups in total. The summed E-state index contributed by atoms with van der Waals surface area (Å²) in [6, 6.07) is 5.32. The van der Waals surface area contributed by atoms with Gasteiger partial charge in [-0.2, -0.15) is 4.31 Å². The molecule has 0 amide bonds. The summed E-state index contributed by atoms with van der Waals surface area (Å²) in [6.07, 6.45) is 1.96. The standard InChI is InChI=1S/C15H24N2O3S/c1-4-12-7-8-17(11-12)21(18,19)15-9-13(10-16-2)5-6-14(15)20-3/h5-6,9,12,16H,4,7-8,10-11H2,1-3H3. The third-order valence-corrected chi connectivity index (χ3v) is 5.94. The number of sulfonamides is 1. The molecule has 118 valence electrons. The van der Waals surface area contributed by atoms with Crippen LogP contribution in [0.5, 0.6) is 5.75 Å². The Morgan fingerprint density at radius 3 is 2.76 bits per heavy atom. The largest absolute Gasteiger partial charge is 0.495 e. The van der Waals surface area contributed by atoms with Crippen LogP contribution in [-0.4, -0.2) is 40.0 Å². The molecule has 1 aromatic carbocycles. The van der Waals surface area contributed by atoms with E-state index in [2.05, 4.69) is 12.2 Å². The minimum Gasteiger partial charge on any atom is -0.495 e. The van der Waals surface area contributed by atoms with Crippen LogP contribution in [0.15, 0.2) is 23.1 Å². The Morgan fingerprint density at radius 1 is 1.43 bits per heavy atom. The van der Waals surface area contributed by atoms with Gasteiger partial charge in [0.2, 0.25) is 10.0 Å². The Kier molecular flexibility index (Phi) is 5.24. The van der Waals surface area contributed by atoms with Crippen molar-refractivity contribution in [3.05, 3.63) is 23.8 Å². The maximum absolute atomic E-state index is 12.9. The van der Waals surface area contributed by atoms with Gasteiger partial charge in [-0.3, -0.25) is 0 Å². The van der Waals surface area contributed by atoms with Gasteiger partial charge in [0.1, 0.15) is 10.6 Å². The number of methoxy groups -OCH3 is 1. The van der Waals surface area contributed by atoms with Crippen molar-refractivity contribution in [2.24, 2.45) is 5.92 Å². The van der Waals surface area contributed by atoms with E-state index in [0.29, 0.717) is 31.3 Å². The quantitative estimate of drug-likeness (QED) is 0.871. The van der Waals surface area contributed by atoms with Crippen molar-refractivity contribution < 1.29 is 13.2 Å². The summed E-state index contributed by atoms with van der Waals surface area (Å²) in [6.45, 7) is 3.94. The van der Waals surface area contributed by atoms with E-state index in [4.69, 9.17) is 4.74 Å². The highest BCUT2D eigenvalue weighted by atomic mass is 32.2. The first-order chi connectivity index (χ1) is 10.0. The first kappa shape index (κ1) is 16.3. The molecule has 0 aliphatic carbocycles.